The van der Waals surface area contributed by atoms with Crippen molar-refractivity contribution in [2.24, 2.45) is 5.73 Å². The molecular weight excluding hydrogens is 272 g/mol. The molecule has 2 rings (SSSR count). The summed E-state index contributed by atoms with van der Waals surface area (Å²) in [5.74, 6) is 0.253. The van der Waals surface area contributed by atoms with E-state index in [-0.39, 0.29) is 11.9 Å². The summed E-state index contributed by atoms with van der Waals surface area (Å²) in [7, 11) is 0. The predicted octanol–water partition coefficient (Wildman–Crippen LogP) is 3.55. The highest BCUT2D eigenvalue weighted by molar-refractivity contribution is 5.96. The molecule has 1 amide bonds. The first-order valence-corrected chi connectivity index (χ1v) is 7.68. The Bertz CT molecular complexity index is 635. The van der Waals surface area contributed by atoms with Crippen molar-refractivity contribution < 1.29 is 4.79 Å². The van der Waals surface area contributed by atoms with Gasteiger partial charge in [0.1, 0.15) is 0 Å². The molecule has 0 fully saturated rings. The number of rotatable bonds is 5. The lowest BCUT2D eigenvalue weighted by Gasteiger charge is -2.16. The summed E-state index contributed by atoms with van der Waals surface area (Å²) in [6.45, 7) is 6.61. The first-order chi connectivity index (χ1) is 10.5. The second-order valence-electron chi connectivity index (χ2n) is 5.97. The second-order valence-corrected chi connectivity index (χ2v) is 5.97. The maximum atomic E-state index is 12.5. The summed E-state index contributed by atoms with van der Waals surface area (Å²) in [5.41, 5.74) is 10.1. The topological polar surface area (TPSA) is 55.1 Å². The molecule has 0 bridgehead atoms. The Morgan fingerprint density at radius 2 is 1.82 bits per heavy atom. The molecule has 2 aromatic carbocycles. The van der Waals surface area contributed by atoms with Crippen LogP contribution in [-0.4, -0.2) is 12.5 Å². The third-order valence-electron chi connectivity index (χ3n) is 3.79. The van der Waals surface area contributed by atoms with Gasteiger partial charge in [-0.1, -0.05) is 61.9 Å². The lowest BCUT2D eigenvalue weighted by Crippen LogP contribution is -2.32. The molecule has 0 aliphatic rings. The first-order valence-electron chi connectivity index (χ1n) is 7.68. The van der Waals surface area contributed by atoms with E-state index in [1.807, 2.05) is 55.5 Å². The van der Waals surface area contributed by atoms with Crippen molar-refractivity contribution in [2.45, 2.75) is 32.7 Å². The number of benzene rings is 2. The van der Waals surface area contributed by atoms with E-state index in [9.17, 15) is 4.79 Å². The molecule has 0 aromatic heterocycles. The summed E-state index contributed by atoms with van der Waals surface area (Å²) in [6, 6.07) is 15.6. The van der Waals surface area contributed by atoms with Gasteiger partial charge >= 0.3 is 0 Å². The van der Waals surface area contributed by atoms with Crippen LogP contribution in [0.4, 0.5) is 0 Å². The van der Waals surface area contributed by atoms with Crippen LogP contribution in [0.25, 0.3) is 0 Å². The quantitative estimate of drug-likeness (QED) is 0.886. The molecule has 0 radical (unpaired) electrons. The van der Waals surface area contributed by atoms with E-state index in [0.29, 0.717) is 12.5 Å². The minimum atomic E-state index is -0.197. The van der Waals surface area contributed by atoms with Gasteiger partial charge in [-0.05, 0) is 30.0 Å². The summed E-state index contributed by atoms with van der Waals surface area (Å²) in [6.07, 6.45) is 0. The largest absolute Gasteiger partial charge is 0.350 e. The van der Waals surface area contributed by atoms with Crippen molar-refractivity contribution in [3.63, 3.8) is 0 Å². The van der Waals surface area contributed by atoms with Crippen molar-refractivity contribution in [3.8, 4) is 0 Å². The Morgan fingerprint density at radius 1 is 1.14 bits per heavy atom. The van der Waals surface area contributed by atoms with E-state index >= 15 is 0 Å². The molecule has 0 spiro atoms. The second kappa shape index (κ2) is 7.23. The summed E-state index contributed by atoms with van der Waals surface area (Å²) in [5, 5.41) is 2.96. The molecular formula is C19H24N2O. The monoisotopic (exact) mass is 296 g/mol. The van der Waals surface area contributed by atoms with Crippen LogP contribution in [0.15, 0.2) is 48.5 Å². The summed E-state index contributed by atoms with van der Waals surface area (Å²) in [4.78, 5) is 12.5. The molecule has 22 heavy (non-hydrogen) atoms. The van der Waals surface area contributed by atoms with Crippen LogP contribution >= 0.6 is 0 Å². The zero-order chi connectivity index (χ0) is 16.1. The first kappa shape index (κ1) is 16.2. The van der Waals surface area contributed by atoms with Crippen LogP contribution in [0.3, 0.4) is 0 Å². The maximum absolute atomic E-state index is 12.5. The number of carbonyl (C=O) groups excluding carboxylic acids is 1. The van der Waals surface area contributed by atoms with Crippen molar-refractivity contribution >= 4 is 5.91 Å². The number of nitrogens with two attached hydrogens (primary N) is 1. The Kier molecular flexibility index (Phi) is 5.34. The highest BCUT2D eigenvalue weighted by atomic mass is 16.1. The van der Waals surface area contributed by atoms with Crippen LogP contribution in [0.2, 0.25) is 0 Å². The number of hydrogen-bond acceptors (Lipinski definition) is 2. The van der Waals surface area contributed by atoms with Crippen LogP contribution < -0.4 is 11.1 Å². The van der Waals surface area contributed by atoms with Crippen LogP contribution in [0, 0.1) is 6.92 Å². The van der Waals surface area contributed by atoms with Gasteiger partial charge in [0.25, 0.3) is 5.91 Å². The van der Waals surface area contributed by atoms with Gasteiger partial charge in [0.05, 0.1) is 0 Å². The molecule has 0 aliphatic carbocycles. The van der Waals surface area contributed by atoms with Gasteiger partial charge in [-0.2, -0.15) is 0 Å². The molecule has 0 saturated heterocycles. The SMILES string of the molecule is Cc1ccc(C(C)C)c(C(=O)NCC(N)c2ccccc2)c1. The smallest absolute Gasteiger partial charge is 0.251 e. The van der Waals surface area contributed by atoms with Gasteiger partial charge < -0.3 is 11.1 Å². The highest BCUT2D eigenvalue weighted by Gasteiger charge is 2.15. The summed E-state index contributed by atoms with van der Waals surface area (Å²) >= 11 is 0. The Balaban J connectivity index is 2.08. The Morgan fingerprint density at radius 3 is 2.45 bits per heavy atom. The molecule has 0 saturated carbocycles. The van der Waals surface area contributed by atoms with Gasteiger partial charge in [-0.25, -0.2) is 0 Å². The predicted molar refractivity (Wildman–Crippen MR) is 91.0 cm³/mol. The van der Waals surface area contributed by atoms with Gasteiger partial charge in [0.2, 0.25) is 0 Å². The average Bonchev–Trinajstić information content (AvgIpc) is 2.52. The van der Waals surface area contributed by atoms with E-state index in [0.717, 1.165) is 22.3 Å². The lowest BCUT2D eigenvalue weighted by atomic mass is 9.95. The third-order valence-corrected chi connectivity index (χ3v) is 3.79. The lowest BCUT2D eigenvalue weighted by molar-refractivity contribution is 0.0950. The van der Waals surface area contributed by atoms with Gasteiger partial charge in [0.15, 0.2) is 0 Å². The third kappa shape index (κ3) is 3.95. The molecule has 0 heterocycles. The van der Waals surface area contributed by atoms with Gasteiger partial charge in [-0.15, -0.1) is 0 Å². The Hall–Kier alpha value is -2.13. The number of hydrogen-bond donors (Lipinski definition) is 2. The molecule has 116 valence electrons. The van der Waals surface area contributed by atoms with Gasteiger partial charge in [0, 0.05) is 18.2 Å². The number of amides is 1. The maximum Gasteiger partial charge on any atom is 0.251 e. The standard InChI is InChI=1S/C19H24N2O/c1-13(2)16-10-9-14(3)11-17(16)19(22)21-12-18(20)15-7-5-4-6-8-15/h4-11,13,18H,12,20H2,1-3H3,(H,21,22). The molecule has 3 nitrogen and oxygen atoms in total. The normalized spacial score (nSPS) is 12.2. The average molecular weight is 296 g/mol. The summed E-state index contributed by atoms with van der Waals surface area (Å²) < 4.78 is 0. The zero-order valence-corrected chi connectivity index (χ0v) is 13.5. The number of aryl methyl sites for hydroxylation is 1. The molecule has 2 aromatic rings. The fourth-order valence-electron chi connectivity index (χ4n) is 2.49. The number of carbonyl (C=O) groups is 1. The fraction of sp³-hybridized carbons (Fsp3) is 0.316. The van der Waals surface area contributed by atoms with Crippen molar-refractivity contribution in [1.29, 1.82) is 0 Å². The molecule has 1 unspecified atom stereocenters. The zero-order valence-electron chi connectivity index (χ0n) is 13.5. The van der Waals surface area contributed by atoms with Crippen LogP contribution in [-0.2, 0) is 0 Å². The fourth-order valence-corrected chi connectivity index (χ4v) is 2.49. The van der Waals surface area contributed by atoms with Gasteiger partial charge in [-0.3, -0.25) is 4.79 Å². The van der Waals surface area contributed by atoms with E-state index in [2.05, 4.69) is 19.2 Å². The van der Waals surface area contributed by atoms with Crippen LogP contribution in [0.5, 0.6) is 0 Å². The minimum Gasteiger partial charge on any atom is -0.350 e. The van der Waals surface area contributed by atoms with Crippen molar-refractivity contribution in [1.82, 2.24) is 5.32 Å². The van der Waals surface area contributed by atoms with E-state index < -0.39 is 0 Å². The van der Waals surface area contributed by atoms with E-state index in [4.69, 9.17) is 5.73 Å². The molecule has 3 heteroatoms. The molecule has 1 atom stereocenters. The van der Waals surface area contributed by atoms with Crippen molar-refractivity contribution in [2.75, 3.05) is 6.54 Å². The van der Waals surface area contributed by atoms with E-state index in [1.54, 1.807) is 0 Å². The van der Waals surface area contributed by atoms with E-state index in [1.165, 1.54) is 0 Å². The molecule has 3 N–H and O–H groups in total. The number of nitrogens with one attached hydrogen (secondary N) is 1. The highest BCUT2D eigenvalue weighted by Crippen LogP contribution is 2.21. The van der Waals surface area contributed by atoms with Crippen LogP contribution in [0.1, 0.15) is 52.9 Å². The minimum absolute atomic E-state index is 0.0567. The van der Waals surface area contributed by atoms with Crippen molar-refractivity contribution in [3.05, 3.63) is 70.8 Å². The molecule has 0 aliphatic heterocycles. The Labute approximate surface area is 132 Å².